The number of hydrogen-bond acceptors (Lipinski definition) is 8. The minimum Gasteiger partial charge on any atom is -0.493 e. The molecule has 3 aromatic carbocycles. The summed E-state index contributed by atoms with van der Waals surface area (Å²) < 4.78 is 22.5. The molecule has 0 saturated heterocycles. The molecule has 1 aliphatic heterocycles. The van der Waals surface area contributed by atoms with Crippen LogP contribution in [0.3, 0.4) is 0 Å². The van der Waals surface area contributed by atoms with E-state index < -0.39 is 29.5 Å². The lowest BCUT2D eigenvalue weighted by atomic mass is 9.92. The Morgan fingerprint density at radius 3 is 2.40 bits per heavy atom. The van der Waals surface area contributed by atoms with Crippen molar-refractivity contribution in [2.75, 3.05) is 45.9 Å². The van der Waals surface area contributed by atoms with Crippen LogP contribution >= 0.6 is 11.6 Å². The summed E-state index contributed by atoms with van der Waals surface area (Å²) in [5.41, 5.74) is 2.45. The Bertz CT molecular complexity index is 1530. The second kappa shape index (κ2) is 14.8. The number of anilines is 1. The first-order chi connectivity index (χ1) is 21.5. The molecule has 1 aliphatic rings. The average Bonchev–Trinajstić information content (AvgIpc) is 3.14. The maximum absolute atomic E-state index is 14.2. The third kappa shape index (κ3) is 7.94. The molecule has 2 atom stereocenters. The van der Waals surface area contributed by atoms with Gasteiger partial charge in [0.1, 0.15) is 12.2 Å². The van der Waals surface area contributed by atoms with Gasteiger partial charge < -0.3 is 34.3 Å². The number of halogens is 1. The van der Waals surface area contributed by atoms with Gasteiger partial charge in [0, 0.05) is 46.9 Å². The number of benzene rings is 3. The van der Waals surface area contributed by atoms with Gasteiger partial charge in [0.15, 0.2) is 11.5 Å². The normalized spacial score (nSPS) is 16.4. The number of aliphatic hydroxyl groups excluding tert-OH is 1. The quantitative estimate of drug-likeness (QED) is 0.273. The molecule has 0 aliphatic carbocycles. The van der Waals surface area contributed by atoms with Crippen LogP contribution in [0.1, 0.15) is 53.4 Å². The Hall–Kier alpha value is -4.12. The van der Waals surface area contributed by atoms with Crippen molar-refractivity contribution in [1.29, 1.82) is 0 Å². The number of rotatable bonds is 12. The van der Waals surface area contributed by atoms with Gasteiger partial charge in [-0.05, 0) is 48.4 Å². The average molecular weight is 639 g/mol. The summed E-state index contributed by atoms with van der Waals surface area (Å²) in [7, 11) is 4.37. The predicted molar refractivity (Wildman–Crippen MR) is 170 cm³/mol. The molecule has 0 bridgehead atoms. The van der Waals surface area contributed by atoms with E-state index in [1.807, 2.05) is 19.9 Å². The summed E-state index contributed by atoms with van der Waals surface area (Å²) in [5.74, 6) is -0.313. The van der Waals surface area contributed by atoms with Crippen LogP contribution in [0.25, 0.3) is 0 Å². The minimum atomic E-state index is -1.18. The van der Waals surface area contributed by atoms with Crippen LogP contribution in [-0.4, -0.2) is 70.0 Å². The molecule has 4 rings (SSSR count). The zero-order chi connectivity index (χ0) is 32.7. The van der Waals surface area contributed by atoms with Crippen LogP contribution in [0.15, 0.2) is 60.7 Å². The van der Waals surface area contributed by atoms with E-state index in [2.05, 4.69) is 5.32 Å². The molecular weight excluding hydrogens is 600 g/mol. The van der Waals surface area contributed by atoms with Crippen LogP contribution in [0.5, 0.6) is 11.5 Å². The van der Waals surface area contributed by atoms with Crippen LogP contribution in [0.2, 0.25) is 5.02 Å². The number of amides is 2. The highest BCUT2D eigenvalue weighted by atomic mass is 35.5. The van der Waals surface area contributed by atoms with Crippen molar-refractivity contribution in [3.8, 4) is 11.5 Å². The van der Waals surface area contributed by atoms with Gasteiger partial charge in [-0.1, -0.05) is 49.7 Å². The smallest absolute Gasteiger partial charge is 0.337 e. The van der Waals surface area contributed by atoms with Crippen molar-refractivity contribution < 1.29 is 38.4 Å². The van der Waals surface area contributed by atoms with Crippen molar-refractivity contribution >= 4 is 35.1 Å². The number of para-hydroxylation sites is 1. The van der Waals surface area contributed by atoms with E-state index >= 15 is 0 Å². The Morgan fingerprint density at radius 2 is 1.76 bits per heavy atom. The van der Waals surface area contributed by atoms with Crippen LogP contribution in [0.4, 0.5) is 5.69 Å². The lowest BCUT2D eigenvalue weighted by Crippen LogP contribution is -2.46. The summed E-state index contributed by atoms with van der Waals surface area (Å²) in [5, 5.41) is 13.4. The maximum atomic E-state index is 14.2. The highest BCUT2D eigenvalue weighted by Crippen LogP contribution is 2.45. The van der Waals surface area contributed by atoms with Crippen molar-refractivity contribution in [3.63, 3.8) is 0 Å². The van der Waals surface area contributed by atoms with Crippen molar-refractivity contribution in [2.24, 2.45) is 5.41 Å². The van der Waals surface area contributed by atoms with Gasteiger partial charge in [-0.3, -0.25) is 9.59 Å². The molecule has 11 heteroatoms. The second-order valence-corrected chi connectivity index (χ2v) is 12.0. The Labute approximate surface area is 268 Å². The first-order valence-electron chi connectivity index (χ1n) is 14.5. The van der Waals surface area contributed by atoms with Crippen molar-refractivity contribution in [2.45, 2.75) is 38.9 Å². The number of nitrogens with zero attached hydrogens (tertiary/aromatic N) is 1. The highest BCUT2D eigenvalue weighted by molar-refractivity contribution is 6.30. The Balaban J connectivity index is 1.64. The summed E-state index contributed by atoms with van der Waals surface area (Å²) in [6.45, 7) is 4.01. The molecular formula is C34H39ClN2O8. The second-order valence-electron chi connectivity index (χ2n) is 11.5. The van der Waals surface area contributed by atoms with Crippen molar-refractivity contribution in [1.82, 2.24) is 5.32 Å². The number of ether oxygens (including phenoxy) is 4. The zero-order valence-corrected chi connectivity index (χ0v) is 26.8. The minimum absolute atomic E-state index is 0.167. The fourth-order valence-corrected chi connectivity index (χ4v) is 5.40. The molecule has 0 radical (unpaired) electrons. The summed E-state index contributed by atoms with van der Waals surface area (Å²) >= 11 is 6.48. The number of hydrogen-bond donors (Lipinski definition) is 2. The lowest BCUT2D eigenvalue weighted by molar-refractivity contribution is -0.138. The fourth-order valence-electron chi connectivity index (χ4n) is 5.22. The van der Waals surface area contributed by atoms with Gasteiger partial charge in [0.2, 0.25) is 5.91 Å². The lowest BCUT2D eigenvalue weighted by Gasteiger charge is -2.32. The van der Waals surface area contributed by atoms with Gasteiger partial charge in [0.05, 0.1) is 33.3 Å². The standard InChI is InChI=1S/C34H39ClN2O8/c1-34(2,20-38)19-37-26-14-13-23(35)17-25(26)30(24-7-6-8-27(42-3)31(24)43-4)45-28(32(37)40)18-29(39)36-16-15-21-9-11-22(12-10-21)33(41)44-5/h6-14,17,28,30,38H,15-16,18-20H2,1-5H3,(H,36,39)/t28-,30-/m1/s1. The number of aliphatic hydroxyl groups is 1. The molecule has 10 nitrogen and oxygen atoms in total. The molecule has 2 amide bonds. The summed E-state index contributed by atoms with van der Waals surface area (Å²) in [6.07, 6.45) is -1.76. The van der Waals surface area contributed by atoms with E-state index in [0.29, 0.717) is 51.9 Å². The highest BCUT2D eigenvalue weighted by Gasteiger charge is 2.40. The molecule has 0 aromatic heterocycles. The molecule has 0 spiro atoms. The molecule has 3 aromatic rings. The van der Waals surface area contributed by atoms with Crippen molar-refractivity contribution in [3.05, 3.63) is 87.9 Å². The monoisotopic (exact) mass is 638 g/mol. The first kappa shape index (κ1) is 33.8. The number of carbonyl (C=O) groups excluding carboxylic acids is 3. The van der Waals surface area contributed by atoms with Gasteiger partial charge >= 0.3 is 5.97 Å². The van der Waals surface area contributed by atoms with E-state index in [0.717, 1.165) is 5.56 Å². The SMILES string of the molecule is COC(=O)c1ccc(CCNC(=O)C[C@H]2O[C@H](c3cccc(OC)c3OC)c3cc(Cl)ccc3N(CC(C)(C)CO)C2=O)cc1. The molecule has 0 unspecified atom stereocenters. The predicted octanol–water partition coefficient (Wildman–Crippen LogP) is 4.73. The number of esters is 1. The van der Waals surface area contributed by atoms with Gasteiger partial charge in [-0.25, -0.2) is 4.79 Å². The third-order valence-corrected chi connectivity index (χ3v) is 7.85. The topological polar surface area (TPSA) is 124 Å². The number of methoxy groups -OCH3 is 3. The van der Waals surface area contributed by atoms with Crippen LogP contribution in [-0.2, 0) is 25.5 Å². The maximum Gasteiger partial charge on any atom is 0.337 e. The number of carbonyl (C=O) groups is 3. The van der Waals surface area contributed by atoms with E-state index in [9.17, 15) is 19.5 Å². The summed E-state index contributed by atoms with van der Waals surface area (Å²) in [4.78, 5) is 40.7. The van der Waals surface area contributed by atoms with Gasteiger partial charge in [0.25, 0.3) is 5.91 Å². The molecule has 0 fully saturated rings. The summed E-state index contributed by atoms with van der Waals surface area (Å²) in [6, 6.07) is 17.5. The Kier molecular flexibility index (Phi) is 11.1. The number of nitrogens with one attached hydrogen (secondary N) is 1. The molecule has 1 heterocycles. The zero-order valence-electron chi connectivity index (χ0n) is 26.1. The van der Waals surface area contributed by atoms with Gasteiger partial charge in [-0.15, -0.1) is 0 Å². The molecule has 240 valence electrons. The molecule has 2 N–H and O–H groups in total. The van der Waals surface area contributed by atoms with E-state index in [1.54, 1.807) is 59.5 Å². The first-order valence-corrected chi connectivity index (χ1v) is 14.9. The third-order valence-electron chi connectivity index (χ3n) is 7.62. The largest absolute Gasteiger partial charge is 0.493 e. The molecule has 45 heavy (non-hydrogen) atoms. The number of fused-ring (bicyclic) bond motifs is 1. The van der Waals surface area contributed by atoms with Crippen LogP contribution < -0.4 is 19.7 Å². The van der Waals surface area contributed by atoms with E-state index in [-0.39, 0.29) is 25.5 Å². The Morgan fingerprint density at radius 1 is 1.02 bits per heavy atom. The molecule has 0 saturated carbocycles. The van der Waals surface area contributed by atoms with E-state index in [1.165, 1.54) is 21.3 Å². The van der Waals surface area contributed by atoms with Crippen LogP contribution in [0, 0.1) is 5.41 Å². The van der Waals surface area contributed by atoms with Gasteiger partial charge in [-0.2, -0.15) is 0 Å². The fraction of sp³-hybridized carbons (Fsp3) is 0.382. The van der Waals surface area contributed by atoms with E-state index in [4.69, 9.17) is 30.5 Å².